The molecule has 0 unspecified atom stereocenters. The Morgan fingerprint density at radius 2 is 1.97 bits per heavy atom. The van der Waals surface area contributed by atoms with Crippen LogP contribution in [0, 0.1) is 11.3 Å². The first-order valence-corrected chi connectivity index (χ1v) is 9.67. The first-order valence-electron chi connectivity index (χ1n) is 9.67. The van der Waals surface area contributed by atoms with Crippen molar-refractivity contribution in [2.75, 3.05) is 11.9 Å². The maximum absolute atomic E-state index is 9.47. The molecule has 0 atom stereocenters. The summed E-state index contributed by atoms with van der Waals surface area (Å²) in [6.45, 7) is 4.75. The molecule has 0 spiro atoms. The number of nitrogens with zero attached hydrogens (tertiary/aromatic N) is 6. The summed E-state index contributed by atoms with van der Waals surface area (Å²) in [6, 6.07) is 11.1. The molecule has 0 aliphatic carbocycles. The third kappa shape index (κ3) is 3.78. The van der Waals surface area contributed by atoms with Gasteiger partial charge in [0.1, 0.15) is 17.3 Å². The van der Waals surface area contributed by atoms with E-state index in [9.17, 15) is 10.4 Å². The monoisotopic (exact) mass is 399 g/mol. The number of phenolic OH excluding ortho intramolecular Hbond substituents is 1. The van der Waals surface area contributed by atoms with Gasteiger partial charge < -0.3 is 15.0 Å². The first-order chi connectivity index (χ1) is 14.6. The Hall–Kier alpha value is -3.99. The number of rotatable bonds is 6. The topological polar surface area (TPSA) is 113 Å². The molecule has 1 aromatic carbocycles. The van der Waals surface area contributed by atoms with Gasteiger partial charge in [0.05, 0.1) is 17.5 Å². The van der Waals surface area contributed by atoms with Crippen molar-refractivity contribution in [3.63, 3.8) is 0 Å². The number of hydrogen-bond acceptors (Lipinski definition) is 7. The summed E-state index contributed by atoms with van der Waals surface area (Å²) in [6.07, 6.45) is 5.70. The average Bonchev–Trinajstić information content (AvgIpc) is 3.19. The zero-order chi connectivity index (χ0) is 21.1. The molecule has 4 aromatic rings. The largest absolute Gasteiger partial charge is 0.508 e. The highest BCUT2D eigenvalue weighted by atomic mass is 16.3. The first kappa shape index (κ1) is 19.3. The van der Waals surface area contributed by atoms with E-state index in [0.29, 0.717) is 40.5 Å². The van der Waals surface area contributed by atoms with E-state index in [1.54, 1.807) is 36.9 Å². The molecule has 3 heterocycles. The molecule has 0 bridgehead atoms. The third-order valence-electron chi connectivity index (χ3n) is 4.80. The summed E-state index contributed by atoms with van der Waals surface area (Å²) in [4.78, 5) is 18.0. The predicted octanol–water partition coefficient (Wildman–Crippen LogP) is 3.70. The molecular formula is C22H21N7O. The Morgan fingerprint density at radius 3 is 2.70 bits per heavy atom. The Kier molecular flexibility index (Phi) is 5.26. The maximum atomic E-state index is 9.47. The Balaban J connectivity index is 1.72. The van der Waals surface area contributed by atoms with Gasteiger partial charge in [0.2, 0.25) is 0 Å². The third-order valence-corrected chi connectivity index (χ3v) is 4.80. The fourth-order valence-electron chi connectivity index (χ4n) is 3.20. The van der Waals surface area contributed by atoms with Crippen molar-refractivity contribution in [2.45, 2.75) is 26.3 Å². The van der Waals surface area contributed by atoms with Crippen LogP contribution in [0.25, 0.3) is 22.6 Å². The van der Waals surface area contributed by atoms with Gasteiger partial charge in [-0.1, -0.05) is 12.1 Å². The lowest BCUT2D eigenvalue weighted by molar-refractivity contribution is 0.475. The normalized spacial score (nSPS) is 11.0. The van der Waals surface area contributed by atoms with E-state index >= 15 is 0 Å². The highest BCUT2D eigenvalue weighted by Gasteiger charge is 2.17. The van der Waals surface area contributed by atoms with Gasteiger partial charge in [-0.15, -0.1) is 0 Å². The van der Waals surface area contributed by atoms with Crippen LogP contribution in [0.1, 0.15) is 31.0 Å². The van der Waals surface area contributed by atoms with E-state index in [4.69, 9.17) is 4.98 Å². The van der Waals surface area contributed by atoms with E-state index < -0.39 is 0 Å². The molecule has 0 aliphatic heterocycles. The highest BCUT2D eigenvalue weighted by Crippen LogP contribution is 2.27. The van der Waals surface area contributed by atoms with Crippen molar-refractivity contribution < 1.29 is 5.11 Å². The number of benzene rings is 1. The highest BCUT2D eigenvalue weighted by molar-refractivity contribution is 5.85. The fourth-order valence-corrected chi connectivity index (χ4v) is 3.20. The number of pyridine rings is 1. The second-order valence-electron chi connectivity index (χ2n) is 7.19. The molecular weight excluding hydrogens is 378 g/mol. The average molecular weight is 399 g/mol. The second kappa shape index (κ2) is 8.17. The van der Waals surface area contributed by atoms with Gasteiger partial charge in [0.25, 0.3) is 0 Å². The van der Waals surface area contributed by atoms with Crippen LogP contribution in [-0.2, 0) is 6.42 Å². The van der Waals surface area contributed by atoms with Crippen LogP contribution in [-0.4, -0.2) is 36.2 Å². The minimum absolute atomic E-state index is 0.173. The molecule has 0 fully saturated rings. The van der Waals surface area contributed by atoms with Crippen molar-refractivity contribution in [1.82, 2.24) is 24.5 Å². The van der Waals surface area contributed by atoms with Crippen molar-refractivity contribution in [1.29, 1.82) is 5.26 Å². The number of nitrogens with one attached hydrogen (secondary N) is 1. The molecule has 8 heteroatoms. The summed E-state index contributed by atoms with van der Waals surface area (Å²) >= 11 is 0. The molecule has 150 valence electrons. The van der Waals surface area contributed by atoms with Gasteiger partial charge in [-0.25, -0.2) is 15.0 Å². The van der Waals surface area contributed by atoms with E-state index in [-0.39, 0.29) is 11.8 Å². The molecule has 0 aliphatic rings. The van der Waals surface area contributed by atoms with E-state index in [1.165, 1.54) is 0 Å². The molecule has 30 heavy (non-hydrogen) atoms. The number of phenols is 1. The maximum Gasteiger partial charge on any atom is 0.166 e. The molecule has 3 aromatic heterocycles. The number of imidazole rings is 1. The van der Waals surface area contributed by atoms with Crippen LogP contribution in [0.3, 0.4) is 0 Å². The molecule has 0 saturated heterocycles. The summed E-state index contributed by atoms with van der Waals surface area (Å²) in [7, 11) is 0. The van der Waals surface area contributed by atoms with Gasteiger partial charge in [-0.2, -0.15) is 5.26 Å². The van der Waals surface area contributed by atoms with Gasteiger partial charge in [-0.3, -0.25) is 4.98 Å². The minimum Gasteiger partial charge on any atom is -0.508 e. The van der Waals surface area contributed by atoms with Gasteiger partial charge in [0.15, 0.2) is 17.3 Å². The van der Waals surface area contributed by atoms with Crippen LogP contribution in [0.15, 0.2) is 49.1 Å². The number of nitriles is 1. The molecule has 2 N–H and O–H groups in total. The van der Waals surface area contributed by atoms with Crippen molar-refractivity contribution in [2.24, 2.45) is 0 Å². The Labute approximate surface area is 173 Å². The lowest BCUT2D eigenvalue weighted by Crippen LogP contribution is -2.09. The van der Waals surface area contributed by atoms with Crippen molar-refractivity contribution in [3.05, 3.63) is 60.2 Å². The van der Waals surface area contributed by atoms with Crippen LogP contribution >= 0.6 is 0 Å². The second-order valence-corrected chi connectivity index (χ2v) is 7.19. The minimum atomic E-state index is 0.173. The summed E-state index contributed by atoms with van der Waals surface area (Å²) in [5.74, 6) is 1.29. The zero-order valence-electron chi connectivity index (χ0n) is 16.7. The number of anilines is 1. The number of hydrogen-bond donors (Lipinski definition) is 2. The van der Waals surface area contributed by atoms with Crippen LogP contribution < -0.4 is 5.32 Å². The Morgan fingerprint density at radius 1 is 1.17 bits per heavy atom. The molecule has 0 saturated carbocycles. The van der Waals surface area contributed by atoms with Gasteiger partial charge in [0, 0.05) is 25.0 Å². The van der Waals surface area contributed by atoms with Gasteiger partial charge >= 0.3 is 0 Å². The fraction of sp³-hybridized carbons (Fsp3) is 0.227. The molecule has 8 nitrogen and oxygen atoms in total. The van der Waals surface area contributed by atoms with Crippen LogP contribution in [0.2, 0.25) is 0 Å². The summed E-state index contributed by atoms with van der Waals surface area (Å²) in [5.41, 5.74) is 3.53. The SMILES string of the molecule is CC(C)n1cnc2c(NCCc3ccc(O)cc3)nc(-c3cnccc3C#N)nc21. The standard InChI is InChI=1S/C22H21N7O/c1-14(2)29-13-26-19-21(25-10-7-15-3-5-17(30)6-4-15)27-20(28-22(19)29)18-12-24-9-8-16(18)11-23/h3-6,8-9,12-14,30H,7,10H2,1-2H3,(H,25,27,28). The summed E-state index contributed by atoms with van der Waals surface area (Å²) in [5, 5.41) is 22.3. The lowest BCUT2D eigenvalue weighted by Gasteiger charge is -2.12. The molecule has 0 radical (unpaired) electrons. The molecule has 4 rings (SSSR count). The number of fused-ring (bicyclic) bond motifs is 1. The van der Waals surface area contributed by atoms with E-state index in [2.05, 4.69) is 40.2 Å². The van der Waals surface area contributed by atoms with Crippen LogP contribution in [0.5, 0.6) is 5.75 Å². The summed E-state index contributed by atoms with van der Waals surface area (Å²) < 4.78 is 1.98. The lowest BCUT2D eigenvalue weighted by atomic mass is 10.1. The van der Waals surface area contributed by atoms with E-state index in [0.717, 1.165) is 12.0 Å². The van der Waals surface area contributed by atoms with Crippen LogP contribution in [0.4, 0.5) is 5.82 Å². The van der Waals surface area contributed by atoms with Crippen molar-refractivity contribution >= 4 is 17.0 Å². The predicted molar refractivity (Wildman–Crippen MR) is 114 cm³/mol. The number of aromatic nitrogens is 5. The zero-order valence-corrected chi connectivity index (χ0v) is 16.7. The van der Waals surface area contributed by atoms with Crippen molar-refractivity contribution in [3.8, 4) is 23.2 Å². The van der Waals surface area contributed by atoms with Gasteiger partial charge in [-0.05, 0) is 44.0 Å². The smallest absolute Gasteiger partial charge is 0.166 e. The molecule has 0 amide bonds. The quantitative estimate of drug-likeness (QED) is 0.508. The number of aromatic hydroxyl groups is 1. The van der Waals surface area contributed by atoms with E-state index in [1.807, 2.05) is 16.7 Å². The Bertz CT molecular complexity index is 1220.